The molecule has 1 amide bonds. The Kier molecular flexibility index (Phi) is 4.25. The predicted molar refractivity (Wildman–Crippen MR) is 63.3 cm³/mol. The zero-order chi connectivity index (χ0) is 12.1. The molecule has 0 aromatic carbocycles. The third-order valence-electron chi connectivity index (χ3n) is 2.37. The van der Waals surface area contributed by atoms with E-state index in [0.717, 1.165) is 0 Å². The smallest absolute Gasteiger partial charge is 0.250 e. The minimum absolute atomic E-state index is 0.0831. The van der Waals surface area contributed by atoms with Gasteiger partial charge >= 0.3 is 0 Å². The first-order valence-corrected chi connectivity index (χ1v) is 5.35. The van der Waals surface area contributed by atoms with Crippen molar-refractivity contribution in [2.45, 2.75) is 32.9 Å². The number of hydrogen-bond donors (Lipinski definition) is 2. The van der Waals surface area contributed by atoms with Crippen LogP contribution in [0.15, 0.2) is 23.1 Å². The summed E-state index contributed by atoms with van der Waals surface area (Å²) in [6, 6.07) is 2.49. The third-order valence-corrected chi connectivity index (χ3v) is 2.37. The molecule has 1 aromatic rings. The van der Waals surface area contributed by atoms with E-state index in [-0.39, 0.29) is 11.5 Å². The molecule has 88 valence electrons. The van der Waals surface area contributed by atoms with Crippen LogP contribution in [0, 0.1) is 0 Å². The fourth-order valence-electron chi connectivity index (χ4n) is 1.27. The van der Waals surface area contributed by atoms with E-state index in [1.165, 1.54) is 10.6 Å². The Labute approximate surface area is 94.3 Å². The van der Waals surface area contributed by atoms with Gasteiger partial charge in [0, 0.05) is 18.8 Å². The van der Waals surface area contributed by atoms with Crippen LogP contribution in [0.4, 0.5) is 5.69 Å². The van der Waals surface area contributed by atoms with Gasteiger partial charge in [-0.3, -0.25) is 9.59 Å². The van der Waals surface area contributed by atoms with Gasteiger partial charge in [0.05, 0.1) is 11.7 Å². The molecule has 1 heterocycles. The number of carbonyl (C=O) groups is 1. The summed E-state index contributed by atoms with van der Waals surface area (Å²) < 4.78 is 1.52. The van der Waals surface area contributed by atoms with Gasteiger partial charge in [0.25, 0.3) is 5.56 Å². The van der Waals surface area contributed by atoms with E-state index >= 15 is 0 Å². The quantitative estimate of drug-likeness (QED) is 0.782. The van der Waals surface area contributed by atoms with E-state index in [0.29, 0.717) is 18.7 Å². The lowest BCUT2D eigenvalue weighted by molar-refractivity contribution is -0.117. The van der Waals surface area contributed by atoms with Gasteiger partial charge in [0.2, 0.25) is 5.91 Å². The fraction of sp³-hybridized carbons (Fsp3) is 0.455. The highest BCUT2D eigenvalue weighted by Crippen LogP contribution is 2.04. The second-order valence-electron chi connectivity index (χ2n) is 3.55. The number of nitrogens with zero attached hydrogens (tertiary/aromatic N) is 1. The van der Waals surface area contributed by atoms with Gasteiger partial charge in [-0.15, -0.1) is 0 Å². The maximum Gasteiger partial charge on any atom is 0.250 e. The average Bonchev–Trinajstić information content (AvgIpc) is 2.30. The van der Waals surface area contributed by atoms with Gasteiger partial charge < -0.3 is 15.6 Å². The Morgan fingerprint density at radius 1 is 1.50 bits per heavy atom. The number of amides is 1. The van der Waals surface area contributed by atoms with E-state index < -0.39 is 6.04 Å². The summed E-state index contributed by atoms with van der Waals surface area (Å²) in [4.78, 5) is 22.8. The number of aromatic nitrogens is 1. The average molecular weight is 223 g/mol. The van der Waals surface area contributed by atoms with E-state index in [2.05, 4.69) is 5.32 Å². The molecule has 16 heavy (non-hydrogen) atoms. The molecule has 0 aliphatic rings. The Bertz CT molecular complexity index is 425. The van der Waals surface area contributed by atoms with Gasteiger partial charge in [0.15, 0.2) is 0 Å². The monoisotopic (exact) mass is 223 g/mol. The Hall–Kier alpha value is -1.62. The second-order valence-corrected chi connectivity index (χ2v) is 3.55. The first kappa shape index (κ1) is 12.4. The molecule has 0 saturated carbocycles. The number of aryl methyl sites for hydroxylation is 1. The minimum Gasteiger partial charge on any atom is -0.323 e. The van der Waals surface area contributed by atoms with Gasteiger partial charge in [0.1, 0.15) is 0 Å². The van der Waals surface area contributed by atoms with Crippen LogP contribution in [-0.4, -0.2) is 16.5 Å². The number of pyridine rings is 1. The maximum absolute atomic E-state index is 11.5. The molecule has 1 atom stereocenters. The number of hydrogen-bond acceptors (Lipinski definition) is 3. The first-order valence-electron chi connectivity index (χ1n) is 5.35. The zero-order valence-electron chi connectivity index (χ0n) is 9.56. The highest BCUT2D eigenvalue weighted by molar-refractivity contribution is 5.94. The van der Waals surface area contributed by atoms with E-state index in [9.17, 15) is 9.59 Å². The molecule has 0 aliphatic heterocycles. The van der Waals surface area contributed by atoms with Crippen LogP contribution in [0.25, 0.3) is 0 Å². The summed E-state index contributed by atoms with van der Waals surface area (Å²) in [6.45, 7) is 4.28. The Balaban J connectivity index is 2.82. The summed E-state index contributed by atoms with van der Waals surface area (Å²) >= 11 is 0. The molecule has 1 aromatic heterocycles. The molecular weight excluding hydrogens is 206 g/mol. The van der Waals surface area contributed by atoms with Crippen LogP contribution in [0.1, 0.15) is 20.3 Å². The van der Waals surface area contributed by atoms with Crippen molar-refractivity contribution in [3.63, 3.8) is 0 Å². The molecule has 1 rings (SSSR count). The molecule has 5 heteroatoms. The number of nitrogens with one attached hydrogen (secondary N) is 1. The van der Waals surface area contributed by atoms with Gasteiger partial charge in [-0.05, 0) is 19.4 Å². The highest BCUT2D eigenvalue weighted by atomic mass is 16.2. The van der Waals surface area contributed by atoms with Crippen LogP contribution < -0.4 is 16.6 Å². The number of rotatable bonds is 4. The lowest BCUT2D eigenvalue weighted by Crippen LogP contribution is -2.35. The largest absolute Gasteiger partial charge is 0.323 e. The molecule has 5 nitrogen and oxygen atoms in total. The van der Waals surface area contributed by atoms with Crippen molar-refractivity contribution in [2.75, 3.05) is 5.32 Å². The molecular formula is C11H17N3O2. The first-order chi connectivity index (χ1) is 7.58. The van der Waals surface area contributed by atoms with E-state index in [1.54, 1.807) is 12.3 Å². The van der Waals surface area contributed by atoms with Crippen molar-refractivity contribution in [1.29, 1.82) is 0 Å². The second kappa shape index (κ2) is 5.46. The van der Waals surface area contributed by atoms with Crippen molar-refractivity contribution < 1.29 is 4.79 Å². The molecule has 0 radical (unpaired) electrons. The molecule has 3 N–H and O–H groups in total. The molecule has 0 spiro atoms. The molecule has 0 unspecified atom stereocenters. The van der Waals surface area contributed by atoms with Crippen LogP contribution >= 0.6 is 0 Å². The Morgan fingerprint density at radius 2 is 2.19 bits per heavy atom. The van der Waals surface area contributed by atoms with Crippen molar-refractivity contribution in [3.05, 3.63) is 28.7 Å². The van der Waals surface area contributed by atoms with Gasteiger partial charge in [-0.2, -0.15) is 0 Å². The zero-order valence-corrected chi connectivity index (χ0v) is 9.56. The molecule has 0 saturated heterocycles. The van der Waals surface area contributed by atoms with Crippen LogP contribution in [0.5, 0.6) is 0 Å². The molecule has 0 bridgehead atoms. The van der Waals surface area contributed by atoms with Crippen LogP contribution in [0.2, 0.25) is 0 Å². The summed E-state index contributed by atoms with van der Waals surface area (Å²) in [6.07, 6.45) is 2.20. The van der Waals surface area contributed by atoms with Crippen molar-refractivity contribution in [1.82, 2.24) is 4.57 Å². The van der Waals surface area contributed by atoms with E-state index in [1.807, 2.05) is 13.8 Å². The van der Waals surface area contributed by atoms with Crippen molar-refractivity contribution >= 4 is 11.6 Å². The lowest BCUT2D eigenvalue weighted by atomic mass is 10.2. The maximum atomic E-state index is 11.5. The standard InChI is InChI=1S/C11H17N3O2/c1-3-9(12)11(16)13-8-5-6-10(15)14(4-2)7-8/h5-7,9H,3-4,12H2,1-2H3,(H,13,16)/t9-/m1/s1. The van der Waals surface area contributed by atoms with Gasteiger partial charge in [-0.1, -0.05) is 6.92 Å². The third kappa shape index (κ3) is 2.93. The predicted octanol–water partition coefficient (Wildman–Crippen LogP) is 0.544. The summed E-state index contributed by atoms with van der Waals surface area (Å²) in [5.41, 5.74) is 6.09. The van der Waals surface area contributed by atoms with Gasteiger partial charge in [-0.25, -0.2) is 0 Å². The minimum atomic E-state index is -0.512. The van der Waals surface area contributed by atoms with E-state index in [4.69, 9.17) is 5.73 Å². The molecule has 0 aliphatic carbocycles. The summed E-state index contributed by atoms with van der Waals surface area (Å²) in [5, 5.41) is 2.67. The number of anilines is 1. The summed E-state index contributed by atoms with van der Waals surface area (Å²) in [7, 11) is 0. The molecule has 0 fully saturated rings. The summed E-state index contributed by atoms with van der Waals surface area (Å²) in [5.74, 6) is -0.233. The Morgan fingerprint density at radius 3 is 2.75 bits per heavy atom. The van der Waals surface area contributed by atoms with Crippen LogP contribution in [0.3, 0.4) is 0 Å². The topological polar surface area (TPSA) is 77.1 Å². The lowest BCUT2D eigenvalue weighted by Gasteiger charge is -2.11. The normalized spacial score (nSPS) is 12.2. The number of nitrogens with two attached hydrogens (primary N) is 1. The highest BCUT2D eigenvalue weighted by Gasteiger charge is 2.11. The van der Waals surface area contributed by atoms with Crippen LogP contribution in [-0.2, 0) is 11.3 Å². The fourth-order valence-corrected chi connectivity index (χ4v) is 1.27. The van der Waals surface area contributed by atoms with Crippen molar-refractivity contribution in [2.24, 2.45) is 5.73 Å². The number of carbonyl (C=O) groups excluding carboxylic acids is 1. The van der Waals surface area contributed by atoms with Crippen molar-refractivity contribution in [3.8, 4) is 0 Å². The SMILES string of the molecule is CC[C@@H](N)C(=O)Nc1ccc(=O)n(CC)c1.